The third kappa shape index (κ3) is 2.87. The average Bonchev–Trinajstić information content (AvgIpc) is 2.53. The van der Waals surface area contributed by atoms with Gasteiger partial charge < -0.3 is 0 Å². The monoisotopic (exact) mass is 274 g/mol. The topological polar surface area (TPSA) is 17.1 Å². The van der Waals surface area contributed by atoms with Crippen molar-refractivity contribution in [2.45, 2.75) is 19.3 Å². The van der Waals surface area contributed by atoms with Gasteiger partial charge in [-0.2, -0.15) is 0 Å². The Hall–Kier alpha value is -2.41. The maximum Gasteiger partial charge on any atom is 0.130 e. The van der Waals surface area contributed by atoms with Gasteiger partial charge in [-0.1, -0.05) is 72.8 Å². The van der Waals surface area contributed by atoms with E-state index < -0.39 is 0 Å². The fraction of sp³-hybridized carbons (Fsp3) is 0.150. The van der Waals surface area contributed by atoms with Gasteiger partial charge in [-0.3, -0.25) is 4.79 Å². The van der Waals surface area contributed by atoms with E-state index in [4.69, 9.17) is 0 Å². The van der Waals surface area contributed by atoms with Crippen LogP contribution in [0.2, 0.25) is 0 Å². The highest BCUT2D eigenvalue weighted by atomic mass is 16.1. The minimum atomic E-state index is 0.120. The van der Waals surface area contributed by atoms with Crippen LogP contribution >= 0.6 is 0 Å². The molecule has 0 fully saturated rings. The second-order valence-electron chi connectivity index (χ2n) is 5.44. The molecule has 0 bridgehead atoms. The molecule has 0 aromatic heterocycles. The minimum Gasteiger partial charge on any atom is -0.300 e. The lowest BCUT2D eigenvalue weighted by atomic mass is 9.84. The zero-order chi connectivity index (χ0) is 14.7. The van der Waals surface area contributed by atoms with Crippen molar-refractivity contribution in [3.8, 4) is 0 Å². The van der Waals surface area contributed by atoms with Gasteiger partial charge in [0.05, 0.1) is 0 Å². The molecule has 0 aliphatic heterocycles. The van der Waals surface area contributed by atoms with Gasteiger partial charge in [0.2, 0.25) is 0 Å². The van der Waals surface area contributed by atoms with Crippen LogP contribution in [-0.2, 0) is 4.79 Å². The van der Waals surface area contributed by atoms with Crippen LogP contribution in [0.15, 0.2) is 72.8 Å². The lowest BCUT2D eigenvalue weighted by Gasteiger charge is -2.19. The van der Waals surface area contributed by atoms with Crippen molar-refractivity contribution in [3.05, 3.63) is 83.9 Å². The molecule has 0 heterocycles. The van der Waals surface area contributed by atoms with Crippen molar-refractivity contribution in [1.82, 2.24) is 0 Å². The van der Waals surface area contributed by atoms with Gasteiger partial charge in [0, 0.05) is 12.3 Å². The van der Waals surface area contributed by atoms with Crippen LogP contribution in [0.1, 0.15) is 30.4 Å². The van der Waals surface area contributed by atoms with E-state index >= 15 is 0 Å². The number of hydrogen-bond acceptors (Lipinski definition) is 1. The van der Waals surface area contributed by atoms with E-state index in [0.717, 1.165) is 0 Å². The van der Waals surface area contributed by atoms with Crippen molar-refractivity contribution in [3.63, 3.8) is 0 Å². The van der Waals surface area contributed by atoms with E-state index in [1.54, 1.807) is 6.92 Å². The summed E-state index contributed by atoms with van der Waals surface area (Å²) in [7, 11) is 0. The van der Waals surface area contributed by atoms with Gasteiger partial charge in [0.1, 0.15) is 5.78 Å². The maximum atomic E-state index is 11.7. The summed E-state index contributed by atoms with van der Waals surface area (Å²) in [6.07, 6.45) is 0.540. The quantitative estimate of drug-likeness (QED) is 0.658. The predicted octanol–water partition coefficient (Wildman–Crippen LogP) is 4.95. The molecule has 0 saturated carbocycles. The maximum absolute atomic E-state index is 11.7. The molecular weight excluding hydrogens is 256 g/mol. The van der Waals surface area contributed by atoms with Gasteiger partial charge in [-0.15, -0.1) is 0 Å². The van der Waals surface area contributed by atoms with E-state index in [1.807, 2.05) is 18.2 Å². The molecular formula is C20H18O. The standard InChI is InChI=1S/C20H18O/c1-15(21)14-20(17-8-3-2-4-9-17)19-13-7-11-16-10-5-6-12-18(16)19/h2-13,20H,14H2,1H3. The number of ketones is 1. The Morgan fingerprint density at radius 3 is 2.29 bits per heavy atom. The number of carbonyl (C=O) groups excluding carboxylic acids is 1. The molecule has 0 radical (unpaired) electrons. The number of hydrogen-bond donors (Lipinski definition) is 0. The molecule has 1 unspecified atom stereocenters. The van der Waals surface area contributed by atoms with Crippen molar-refractivity contribution in [2.75, 3.05) is 0 Å². The van der Waals surface area contributed by atoms with E-state index in [2.05, 4.69) is 54.6 Å². The zero-order valence-electron chi connectivity index (χ0n) is 12.1. The fourth-order valence-electron chi connectivity index (χ4n) is 2.93. The lowest BCUT2D eigenvalue weighted by molar-refractivity contribution is -0.117. The first-order chi connectivity index (χ1) is 10.3. The van der Waals surface area contributed by atoms with Crippen LogP contribution in [0.5, 0.6) is 0 Å². The van der Waals surface area contributed by atoms with E-state index in [1.165, 1.54) is 21.9 Å². The highest BCUT2D eigenvalue weighted by Gasteiger charge is 2.18. The minimum absolute atomic E-state index is 0.120. The van der Waals surface area contributed by atoms with Crippen LogP contribution in [0.25, 0.3) is 10.8 Å². The van der Waals surface area contributed by atoms with Crippen LogP contribution in [-0.4, -0.2) is 5.78 Å². The van der Waals surface area contributed by atoms with Gasteiger partial charge >= 0.3 is 0 Å². The molecule has 3 aromatic carbocycles. The molecule has 3 aromatic rings. The first-order valence-electron chi connectivity index (χ1n) is 7.28. The van der Waals surface area contributed by atoms with E-state index in [9.17, 15) is 4.79 Å². The van der Waals surface area contributed by atoms with Crippen molar-refractivity contribution >= 4 is 16.6 Å². The number of fused-ring (bicyclic) bond motifs is 1. The molecule has 0 aliphatic rings. The smallest absolute Gasteiger partial charge is 0.130 e. The Balaban J connectivity index is 2.17. The van der Waals surface area contributed by atoms with Gasteiger partial charge in [0.25, 0.3) is 0 Å². The first kappa shape index (κ1) is 13.6. The summed E-state index contributed by atoms with van der Waals surface area (Å²) in [5.74, 6) is 0.339. The summed E-state index contributed by atoms with van der Waals surface area (Å²) >= 11 is 0. The van der Waals surface area contributed by atoms with Crippen molar-refractivity contribution in [2.24, 2.45) is 0 Å². The van der Waals surface area contributed by atoms with Crippen LogP contribution < -0.4 is 0 Å². The SMILES string of the molecule is CC(=O)CC(c1ccccc1)c1cccc2ccccc12. The number of rotatable bonds is 4. The molecule has 3 rings (SSSR count). The third-order valence-corrected chi connectivity index (χ3v) is 3.89. The van der Waals surface area contributed by atoms with Gasteiger partial charge in [-0.05, 0) is 28.8 Å². The third-order valence-electron chi connectivity index (χ3n) is 3.89. The Morgan fingerprint density at radius 1 is 0.857 bits per heavy atom. The average molecular weight is 274 g/mol. The van der Waals surface area contributed by atoms with Gasteiger partial charge in [-0.25, -0.2) is 0 Å². The molecule has 0 N–H and O–H groups in total. The number of Topliss-reactive ketones (excluding diaryl/α,β-unsaturated/α-hetero) is 1. The summed E-state index contributed by atoms with van der Waals surface area (Å²) in [5, 5.41) is 2.45. The normalized spacial score (nSPS) is 12.2. The Kier molecular flexibility index (Phi) is 3.83. The fourth-order valence-corrected chi connectivity index (χ4v) is 2.93. The Labute approximate surface area is 125 Å². The van der Waals surface area contributed by atoms with E-state index in [0.29, 0.717) is 6.42 Å². The van der Waals surface area contributed by atoms with Crippen LogP contribution in [0, 0.1) is 0 Å². The van der Waals surface area contributed by atoms with Crippen molar-refractivity contribution in [1.29, 1.82) is 0 Å². The summed E-state index contributed by atoms with van der Waals surface area (Å²) in [6.45, 7) is 1.67. The molecule has 0 aliphatic carbocycles. The van der Waals surface area contributed by atoms with Crippen molar-refractivity contribution < 1.29 is 4.79 Å². The number of benzene rings is 3. The highest BCUT2D eigenvalue weighted by molar-refractivity contribution is 5.87. The largest absolute Gasteiger partial charge is 0.300 e. The summed E-state index contributed by atoms with van der Waals surface area (Å²) in [5.41, 5.74) is 2.43. The summed E-state index contributed by atoms with van der Waals surface area (Å²) < 4.78 is 0. The Morgan fingerprint density at radius 2 is 1.52 bits per heavy atom. The van der Waals surface area contributed by atoms with E-state index in [-0.39, 0.29) is 11.7 Å². The van der Waals surface area contributed by atoms with Crippen LogP contribution in [0.4, 0.5) is 0 Å². The Bertz CT molecular complexity index is 754. The predicted molar refractivity (Wildman–Crippen MR) is 87.5 cm³/mol. The molecule has 0 spiro atoms. The molecule has 1 atom stereocenters. The molecule has 1 heteroatoms. The van der Waals surface area contributed by atoms with Crippen LogP contribution in [0.3, 0.4) is 0 Å². The molecule has 0 saturated heterocycles. The second-order valence-corrected chi connectivity index (χ2v) is 5.44. The van der Waals surface area contributed by atoms with Gasteiger partial charge in [0.15, 0.2) is 0 Å². The highest BCUT2D eigenvalue weighted by Crippen LogP contribution is 2.33. The molecule has 21 heavy (non-hydrogen) atoms. The zero-order valence-corrected chi connectivity index (χ0v) is 12.1. The molecule has 104 valence electrons. The second kappa shape index (κ2) is 5.92. The first-order valence-corrected chi connectivity index (χ1v) is 7.28. The summed E-state index contributed by atoms with van der Waals surface area (Å²) in [4.78, 5) is 11.7. The molecule has 0 amide bonds. The molecule has 1 nitrogen and oxygen atoms in total. The lowest BCUT2D eigenvalue weighted by Crippen LogP contribution is -2.06. The number of carbonyl (C=O) groups is 1. The summed E-state index contributed by atoms with van der Waals surface area (Å²) in [6, 6.07) is 25.0.